The van der Waals surface area contributed by atoms with E-state index in [0.29, 0.717) is 0 Å². The van der Waals surface area contributed by atoms with Crippen LogP contribution in [0, 0.1) is 0 Å². The van der Waals surface area contributed by atoms with Crippen molar-refractivity contribution in [3.8, 4) is 34.2 Å². The third-order valence-corrected chi connectivity index (χ3v) is 29.0. The fraction of sp³-hybridized carbons (Fsp3) is 0.444. The Morgan fingerprint density at radius 1 is 0.246 bits per heavy atom. The maximum absolute atomic E-state index is 6.25. The van der Waals surface area contributed by atoms with Gasteiger partial charge < -0.3 is 0 Å². The number of pyridine rings is 6. The number of rotatable bonds is 0. The summed E-state index contributed by atoms with van der Waals surface area (Å²) in [6, 6.07) is 29.6. The molecule has 0 N–H and O–H groups in total. The summed E-state index contributed by atoms with van der Waals surface area (Å²) < 4.78 is 16.8. The molecule has 320 valence electrons. The minimum absolute atomic E-state index is 0.0711. The number of nitrogens with zero attached hydrogens (tertiary/aromatic N) is 6. The Morgan fingerprint density at radius 2 is 0.377 bits per heavy atom. The van der Waals surface area contributed by atoms with Gasteiger partial charge in [-0.05, 0) is 0 Å². The first kappa shape index (κ1) is 41.9. The van der Waals surface area contributed by atoms with Gasteiger partial charge in [0.25, 0.3) is 0 Å². The van der Waals surface area contributed by atoms with Gasteiger partial charge in [0.2, 0.25) is 0 Å². The molecule has 9 heterocycles. The van der Waals surface area contributed by atoms with E-state index >= 15 is 0 Å². The van der Waals surface area contributed by atoms with Gasteiger partial charge in [0.1, 0.15) is 0 Å². The molecule has 3 aliphatic heterocycles. The molecule has 6 aromatic rings. The van der Waals surface area contributed by atoms with Crippen molar-refractivity contribution in [3.05, 3.63) is 143 Å². The van der Waals surface area contributed by atoms with E-state index in [9.17, 15) is 0 Å². The van der Waals surface area contributed by atoms with Crippen LogP contribution in [0.2, 0.25) is 0 Å². The van der Waals surface area contributed by atoms with E-state index < -0.39 is 13.9 Å². The van der Waals surface area contributed by atoms with Gasteiger partial charge in [-0.3, -0.25) is 0 Å². The van der Waals surface area contributed by atoms with E-state index in [-0.39, 0.29) is 32.5 Å². The molecule has 0 bridgehead atoms. The molecule has 7 heteroatoms. The minimum atomic E-state index is -6.25. The van der Waals surface area contributed by atoms with Crippen LogP contribution in [0.1, 0.15) is 158 Å². The second-order valence-corrected chi connectivity index (χ2v) is 34.4. The average Bonchev–Trinajstić information content (AvgIpc) is 3.65. The Hall–Kier alpha value is -4.48. The monoisotopic (exact) mass is 906 g/mol. The number of aromatic nitrogens is 6. The predicted octanol–water partition coefficient (Wildman–Crippen LogP) is 9.44. The van der Waals surface area contributed by atoms with Gasteiger partial charge in [0.15, 0.2) is 0 Å². The summed E-state index contributed by atoms with van der Waals surface area (Å²) in [7, 11) is 0. The van der Waals surface area contributed by atoms with Crippen molar-refractivity contribution < 1.29 is 33.7 Å². The predicted molar refractivity (Wildman–Crippen MR) is 241 cm³/mol. The molecule has 0 fully saturated rings. The molecule has 6 aromatic heterocycles. The third-order valence-electron chi connectivity index (χ3n) is 13.7. The number of fused-ring (bicyclic) bond motifs is 9. The van der Waals surface area contributed by atoms with Crippen LogP contribution in [-0.2, 0) is 46.3 Å². The van der Waals surface area contributed by atoms with Crippen LogP contribution in [0.4, 0.5) is 0 Å². The van der Waals surface area contributed by atoms with Gasteiger partial charge >= 0.3 is 368 Å². The summed E-state index contributed by atoms with van der Waals surface area (Å²) in [6.07, 6.45) is 14.8. The zero-order chi connectivity index (χ0) is 44.5. The Balaban J connectivity index is 1.70. The van der Waals surface area contributed by atoms with E-state index in [1.807, 2.05) is 0 Å². The molecule has 0 aliphatic carbocycles. The second-order valence-electron chi connectivity index (χ2n) is 24.2. The maximum atomic E-state index is 2.79. The molecule has 0 amide bonds. The summed E-state index contributed by atoms with van der Waals surface area (Å²) in [4.78, 5) is 0. The van der Waals surface area contributed by atoms with Crippen LogP contribution in [-0.4, -0.2) is 0 Å². The van der Waals surface area contributed by atoms with Crippen molar-refractivity contribution in [3.63, 3.8) is 0 Å². The van der Waals surface area contributed by atoms with Gasteiger partial charge in [-0.25, -0.2) is 0 Å². The zero-order valence-electron chi connectivity index (χ0n) is 40.4. The molecular formula is C54H72N6Ru+6. The molecule has 3 aliphatic rings. The van der Waals surface area contributed by atoms with Gasteiger partial charge in [0.05, 0.1) is 0 Å². The first-order chi connectivity index (χ1) is 27.9. The van der Waals surface area contributed by atoms with Crippen molar-refractivity contribution in [2.75, 3.05) is 0 Å². The number of hydrogen-bond donors (Lipinski definition) is 0. The van der Waals surface area contributed by atoms with Crippen molar-refractivity contribution in [2.24, 2.45) is 0 Å². The first-order valence-corrected chi connectivity index (χ1v) is 26.9. The summed E-state index contributed by atoms with van der Waals surface area (Å²) in [5, 5.41) is 0. The topological polar surface area (TPSA) is 23.3 Å². The van der Waals surface area contributed by atoms with E-state index in [1.54, 1.807) is 0 Å². The number of hydrogen-bond acceptors (Lipinski definition) is 0. The first-order valence-electron chi connectivity index (χ1n) is 22.3. The summed E-state index contributed by atoms with van der Waals surface area (Å²) in [5.41, 5.74) is 14.8. The Morgan fingerprint density at radius 3 is 0.492 bits per heavy atom. The van der Waals surface area contributed by atoms with Gasteiger partial charge in [-0.1, -0.05) is 0 Å². The van der Waals surface area contributed by atoms with Crippen LogP contribution in [0.15, 0.2) is 110 Å². The van der Waals surface area contributed by atoms with E-state index in [1.165, 1.54) is 67.5 Å². The summed E-state index contributed by atoms with van der Waals surface area (Å²) >= 11 is -6.25. The van der Waals surface area contributed by atoms with Crippen LogP contribution in [0.25, 0.3) is 34.2 Å². The van der Waals surface area contributed by atoms with E-state index in [0.717, 1.165) is 0 Å². The van der Waals surface area contributed by atoms with Crippen LogP contribution >= 0.6 is 0 Å². The van der Waals surface area contributed by atoms with Crippen molar-refractivity contribution >= 4 is 0 Å². The average molecular weight is 906 g/mol. The van der Waals surface area contributed by atoms with E-state index in [4.69, 9.17) is 0 Å². The standard InChI is InChI=1S/3C18H24N2.Ru/c3*1-17(2,3)13-7-9-19-15(11-13)16-12-14(8-10-20-16)18(4,5)6;/h3*7-12H,1-6H3;/q;;;+6. The molecule has 0 saturated heterocycles. The van der Waals surface area contributed by atoms with Crippen LogP contribution in [0.5, 0.6) is 0 Å². The molecule has 0 saturated carbocycles. The molecule has 0 atom stereocenters. The third kappa shape index (κ3) is 4.83. The summed E-state index contributed by atoms with van der Waals surface area (Å²) in [5.74, 6) is 0. The van der Waals surface area contributed by atoms with Gasteiger partial charge in [0, 0.05) is 0 Å². The molecule has 61 heavy (non-hydrogen) atoms. The van der Waals surface area contributed by atoms with E-state index in [2.05, 4.69) is 254 Å². The normalized spacial score (nSPS) is 18.0. The van der Waals surface area contributed by atoms with Gasteiger partial charge in [-0.2, -0.15) is 0 Å². The second kappa shape index (κ2) is 11.7. The van der Waals surface area contributed by atoms with Crippen molar-refractivity contribution in [1.82, 2.24) is 0 Å². The Bertz CT molecular complexity index is 2380. The quantitative estimate of drug-likeness (QED) is 0.136. The zero-order valence-corrected chi connectivity index (χ0v) is 42.2. The Kier molecular flexibility index (Phi) is 8.06. The molecule has 0 aromatic carbocycles. The summed E-state index contributed by atoms with van der Waals surface area (Å²) in [6.45, 7) is 42.2. The fourth-order valence-corrected chi connectivity index (χ4v) is 27.6. The molecule has 0 unspecified atom stereocenters. The van der Waals surface area contributed by atoms with Crippen molar-refractivity contribution in [1.29, 1.82) is 0 Å². The van der Waals surface area contributed by atoms with Crippen LogP contribution in [0.3, 0.4) is 0 Å². The SMILES string of the molecule is CC(C)(C)c1cc[n+]2c(c1)-c1cc(C(C)(C)C)cc[n+]1[Ru]213([n+]2ccc(C(C)(C)C)cc2-c2cc(C(C)(C)C)cc[n+]21)[n+]1ccc(C(C)(C)C)cc1-c1cc(C(C)(C)C)cc[n+]13. The molecule has 0 radical (unpaired) electrons. The van der Waals surface area contributed by atoms with Crippen molar-refractivity contribution in [2.45, 2.75) is 157 Å². The Labute approximate surface area is 366 Å². The molecule has 9 rings (SSSR count). The molecule has 1 spiro atoms. The van der Waals surface area contributed by atoms with Gasteiger partial charge in [-0.15, -0.1) is 0 Å². The fourth-order valence-electron chi connectivity index (χ4n) is 9.84. The molecule has 6 nitrogen and oxygen atoms in total. The molecular weight excluding hydrogens is 834 g/mol. The van der Waals surface area contributed by atoms with Crippen LogP contribution < -0.4 is 19.9 Å².